The Bertz CT molecular complexity index is 317. The van der Waals surface area contributed by atoms with Crippen LogP contribution in [0.4, 0.5) is 5.82 Å². The molecule has 4 nitrogen and oxygen atoms in total. The zero-order chi connectivity index (χ0) is 9.97. The summed E-state index contributed by atoms with van der Waals surface area (Å²) in [4.78, 5) is 6.09. The summed E-state index contributed by atoms with van der Waals surface area (Å²) < 4.78 is 0. The summed E-state index contributed by atoms with van der Waals surface area (Å²) in [6.07, 6.45) is 3.66. The second-order valence-electron chi connectivity index (χ2n) is 3.52. The van der Waals surface area contributed by atoms with Crippen LogP contribution < -0.4 is 4.90 Å². The number of anilines is 1. The highest BCUT2D eigenvalue weighted by Crippen LogP contribution is 2.29. The van der Waals surface area contributed by atoms with E-state index in [1.807, 2.05) is 4.90 Å². The van der Waals surface area contributed by atoms with Crippen LogP contribution in [0.5, 0.6) is 5.75 Å². The zero-order valence-corrected chi connectivity index (χ0v) is 7.93. The van der Waals surface area contributed by atoms with Gasteiger partial charge in [0.15, 0.2) is 11.6 Å². The Hall–Kier alpha value is -1.29. The molecule has 1 fully saturated rings. The number of hydrogen-bond acceptors (Lipinski definition) is 4. The van der Waals surface area contributed by atoms with Gasteiger partial charge in [-0.15, -0.1) is 0 Å². The van der Waals surface area contributed by atoms with Gasteiger partial charge in [-0.1, -0.05) is 0 Å². The number of nitrogens with zero attached hydrogens (tertiary/aromatic N) is 2. The Kier molecular flexibility index (Phi) is 2.54. The molecule has 1 atom stereocenters. The van der Waals surface area contributed by atoms with Gasteiger partial charge >= 0.3 is 0 Å². The van der Waals surface area contributed by atoms with Crippen LogP contribution in [-0.2, 0) is 0 Å². The summed E-state index contributed by atoms with van der Waals surface area (Å²) in [5.41, 5.74) is 0. The third-order valence-electron chi connectivity index (χ3n) is 2.63. The van der Waals surface area contributed by atoms with Gasteiger partial charge in [0.1, 0.15) is 0 Å². The molecule has 1 aliphatic rings. The molecule has 0 bridgehead atoms. The highest BCUT2D eigenvalue weighted by atomic mass is 16.3. The molecule has 0 saturated carbocycles. The predicted molar refractivity (Wildman–Crippen MR) is 53.4 cm³/mol. The molecule has 1 saturated heterocycles. The fraction of sp³-hybridized carbons (Fsp3) is 0.500. The second kappa shape index (κ2) is 3.84. The summed E-state index contributed by atoms with van der Waals surface area (Å²) in [5.74, 6) is 0.775. The summed E-state index contributed by atoms with van der Waals surface area (Å²) in [6, 6.07) is 3.42. The SMILES string of the molecule is OCC1CCCN1c1ncccc1O. The number of aliphatic hydroxyl groups is 1. The van der Waals surface area contributed by atoms with Crippen LogP contribution in [0, 0.1) is 0 Å². The first-order valence-corrected chi connectivity index (χ1v) is 4.84. The minimum absolute atomic E-state index is 0.107. The fourth-order valence-corrected chi connectivity index (χ4v) is 1.91. The second-order valence-corrected chi connectivity index (χ2v) is 3.52. The minimum atomic E-state index is 0.107. The first-order valence-electron chi connectivity index (χ1n) is 4.84. The number of hydrogen-bond donors (Lipinski definition) is 2. The highest BCUT2D eigenvalue weighted by molar-refractivity contribution is 5.52. The lowest BCUT2D eigenvalue weighted by Crippen LogP contribution is -2.32. The number of aliphatic hydroxyl groups excluding tert-OH is 1. The summed E-state index contributed by atoms with van der Waals surface area (Å²) in [6.45, 7) is 0.978. The van der Waals surface area contributed by atoms with Crippen molar-refractivity contribution in [2.24, 2.45) is 0 Å². The van der Waals surface area contributed by atoms with Crippen LogP contribution in [-0.4, -0.2) is 34.4 Å². The third kappa shape index (κ3) is 1.53. The van der Waals surface area contributed by atoms with Crippen molar-refractivity contribution in [3.05, 3.63) is 18.3 Å². The number of pyridine rings is 1. The van der Waals surface area contributed by atoms with E-state index >= 15 is 0 Å². The average Bonchev–Trinajstić information content (AvgIpc) is 2.66. The van der Waals surface area contributed by atoms with Crippen molar-refractivity contribution in [1.29, 1.82) is 0 Å². The van der Waals surface area contributed by atoms with Gasteiger partial charge in [0.25, 0.3) is 0 Å². The van der Waals surface area contributed by atoms with Crippen molar-refractivity contribution < 1.29 is 10.2 Å². The van der Waals surface area contributed by atoms with E-state index in [1.54, 1.807) is 18.3 Å². The molecular formula is C10H14N2O2. The van der Waals surface area contributed by atoms with E-state index in [0.717, 1.165) is 19.4 Å². The van der Waals surface area contributed by atoms with Gasteiger partial charge in [-0.25, -0.2) is 4.98 Å². The molecule has 76 valence electrons. The van der Waals surface area contributed by atoms with E-state index in [-0.39, 0.29) is 18.4 Å². The predicted octanol–water partition coefficient (Wildman–Crippen LogP) is 0.748. The third-order valence-corrected chi connectivity index (χ3v) is 2.63. The van der Waals surface area contributed by atoms with E-state index in [9.17, 15) is 5.11 Å². The summed E-state index contributed by atoms with van der Waals surface area (Å²) in [5, 5.41) is 18.7. The maximum Gasteiger partial charge on any atom is 0.171 e. The molecule has 0 aromatic carbocycles. The summed E-state index contributed by atoms with van der Waals surface area (Å²) >= 11 is 0. The van der Waals surface area contributed by atoms with Crippen molar-refractivity contribution in [2.75, 3.05) is 18.1 Å². The Morgan fingerprint density at radius 2 is 2.43 bits per heavy atom. The molecule has 0 radical (unpaired) electrons. The highest BCUT2D eigenvalue weighted by Gasteiger charge is 2.26. The number of rotatable bonds is 2. The first-order chi connectivity index (χ1) is 6.83. The zero-order valence-electron chi connectivity index (χ0n) is 7.93. The van der Waals surface area contributed by atoms with Crippen LogP contribution in [0.15, 0.2) is 18.3 Å². The van der Waals surface area contributed by atoms with Gasteiger partial charge in [0, 0.05) is 12.7 Å². The molecule has 4 heteroatoms. The van der Waals surface area contributed by atoms with Crippen LogP contribution in [0.1, 0.15) is 12.8 Å². The molecule has 14 heavy (non-hydrogen) atoms. The fourth-order valence-electron chi connectivity index (χ4n) is 1.91. The molecule has 0 aliphatic carbocycles. The van der Waals surface area contributed by atoms with Crippen LogP contribution >= 0.6 is 0 Å². The first kappa shape index (κ1) is 9.27. The Morgan fingerprint density at radius 3 is 3.14 bits per heavy atom. The molecule has 1 unspecified atom stereocenters. The van der Waals surface area contributed by atoms with Crippen molar-refractivity contribution in [3.63, 3.8) is 0 Å². The van der Waals surface area contributed by atoms with Crippen molar-refractivity contribution in [3.8, 4) is 5.75 Å². The van der Waals surface area contributed by atoms with Gasteiger partial charge in [0.2, 0.25) is 0 Å². The molecule has 0 amide bonds. The summed E-state index contributed by atoms with van der Waals surface area (Å²) in [7, 11) is 0. The molecule has 2 N–H and O–H groups in total. The average molecular weight is 194 g/mol. The monoisotopic (exact) mass is 194 g/mol. The maximum absolute atomic E-state index is 9.60. The normalized spacial score (nSPS) is 21.5. The van der Waals surface area contributed by atoms with E-state index in [1.165, 1.54) is 0 Å². The van der Waals surface area contributed by atoms with Gasteiger partial charge in [0.05, 0.1) is 12.6 Å². The topological polar surface area (TPSA) is 56.6 Å². The van der Waals surface area contributed by atoms with Crippen molar-refractivity contribution in [1.82, 2.24) is 4.98 Å². The lowest BCUT2D eigenvalue weighted by Gasteiger charge is -2.24. The van der Waals surface area contributed by atoms with E-state index < -0.39 is 0 Å². The number of aromatic hydroxyl groups is 1. The molecule has 1 aromatic heterocycles. The minimum Gasteiger partial charge on any atom is -0.504 e. The van der Waals surface area contributed by atoms with Crippen molar-refractivity contribution in [2.45, 2.75) is 18.9 Å². The van der Waals surface area contributed by atoms with Crippen LogP contribution in [0.25, 0.3) is 0 Å². The molecule has 2 heterocycles. The number of aromatic nitrogens is 1. The van der Waals surface area contributed by atoms with E-state index in [4.69, 9.17) is 5.11 Å². The molecule has 1 aromatic rings. The lowest BCUT2D eigenvalue weighted by molar-refractivity contribution is 0.265. The van der Waals surface area contributed by atoms with Gasteiger partial charge in [-0.05, 0) is 25.0 Å². The van der Waals surface area contributed by atoms with E-state index in [0.29, 0.717) is 5.82 Å². The lowest BCUT2D eigenvalue weighted by atomic mass is 10.2. The van der Waals surface area contributed by atoms with E-state index in [2.05, 4.69) is 4.98 Å². The standard InChI is InChI=1S/C10H14N2O2/c13-7-8-3-2-6-12(8)10-9(14)4-1-5-11-10/h1,4-5,8,13-14H,2-3,6-7H2. The Morgan fingerprint density at radius 1 is 1.57 bits per heavy atom. The quantitative estimate of drug-likeness (QED) is 0.729. The van der Waals surface area contributed by atoms with Gasteiger partial charge < -0.3 is 15.1 Å². The van der Waals surface area contributed by atoms with Crippen LogP contribution in [0.2, 0.25) is 0 Å². The smallest absolute Gasteiger partial charge is 0.171 e. The maximum atomic E-state index is 9.60. The Labute approximate surface area is 82.8 Å². The molecule has 2 rings (SSSR count). The largest absolute Gasteiger partial charge is 0.504 e. The van der Waals surface area contributed by atoms with Gasteiger partial charge in [-0.3, -0.25) is 0 Å². The van der Waals surface area contributed by atoms with Crippen LogP contribution in [0.3, 0.4) is 0 Å². The molecule has 0 spiro atoms. The van der Waals surface area contributed by atoms with Gasteiger partial charge in [-0.2, -0.15) is 0 Å². The molecular weight excluding hydrogens is 180 g/mol. The van der Waals surface area contributed by atoms with Crippen molar-refractivity contribution >= 4 is 5.82 Å². The Balaban J connectivity index is 2.26. The molecule has 1 aliphatic heterocycles.